The van der Waals surface area contributed by atoms with E-state index in [-0.39, 0.29) is 5.91 Å². The SMILES string of the molecule is CC(=O)Nc1ccc(-c2ccc(N3CCN(C(C)C)CC3)nn2)cc1. The Labute approximate surface area is 148 Å². The first-order chi connectivity index (χ1) is 12.0. The van der Waals surface area contributed by atoms with Gasteiger partial charge in [-0.25, -0.2) is 0 Å². The van der Waals surface area contributed by atoms with Crippen molar-refractivity contribution in [1.29, 1.82) is 0 Å². The number of hydrogen-bond donors (Lipinski definition) is 1. The average Bonchev–Trinajstić information content (AvgIpc) is 2.62. The molecule has 1 saturated heterocycles. The number of rotatable bonds is 4. The van der Waals surface area contributed by atoms with Crippen molar-refractivity contribution in [2.75, 3.05) is 36.4 Å². The predicted octanol–water partition coefficient (Wildman–Crippen LogP) is 2.63. The molecule has 0 bridgehead atoms. The third kappa shape index (κ3) is 4.33. The zero-order valence-corrected chi connectivity index (χ0v) is 15.1. The number of aromatic nitrogens is 2. The van der Waals surface area contributed by atoms with Crippen LogP contribution in [0, 0.1) is 0 Å². The molecule has 25 heavy (non-hydrogen) atoms. The van der Waals surface area contributed by atoms with E-state index >= 15 is 0 Å². The van der Waals surface area contributed by atoms with E-state index in [1.165, 1.54) is 6.92 Å². The summed E-state index contributed by atoms with van der Waals surface area (Å²) in [7, 11) is 0. The van der Waals surface area contributed by atoms with E-state index in [2.05, 4.69) is 39.2 Å². The number of carbonyl (C=O) groups excluding carboxylic acids is 1. The molecule has 132 valence electrons. The van der Waals surface area contributed by atoms with Gasteiger partial charge >= 0.3 is 0 Å². The first kappa shape index (κ1) is 17.4. The molecule has 1 aromatic carbocycles. The Balaban J connectivity index is 1.65. The fourth-order valence-corrected chi connectivity index (χ4v) is 3.04. The number of benzene rings is 1. The second-order valence-electron chi connectivity index (χ2n) is 6.65. The monoisotopic (exact) mass is 339 g/mol. The molecule has 0 atom stereocenters. The maximum Gasteiger partial charge on any atom is 0.221 e. The number of piperazine rings is 1. The highest BCUT2D eigenvalue weighted by atomic mass is 16.1. The molecule has 0 spiro atoms. The van der Waals surface area contributed by atoms with Gasteiger partial charge in [-0.3, -0.25) is 9.69 Å². The van der Waals surface area contributed by atoms with Crippen molar-refractivity contribution in [2.24, 2.45) is 0 Å². The Morgan fingerprint density at radius 2 is 1.68 bits per heavy atom. The van der Waals surface area contributed by atoms with Gasteiger partial charge in [0.1, 0.15) is 0 Å². The van der Waals surface area contributed by atoms with Crippen LogP contribution in [0.2, 0.25) is 0 Å². The minimum atomic E-state index is -0.0746. The molecule has 0 radical (unpaired) electrons. The van der Waals surface area contributed by atoms with Crippen molar-refractivity contribution in [3.63, 3.8) is 0 Å². The van der Waals surface area contributed by atoms with E-state index in [1.54, 1.807) is 0 Å². The molecule has 1 fully saturated rings. The predicted molar refractivity (Wildman–Crippen MR) is 101 cm³/mol. The van der Waals surface area contributed by atoms with Crippen LogP contribution in [0.4, 0.5) is 11.5 Å². The van der Waals surface area contributed by atoms with Crippen molar-refractivity contribution in [3.05, 3.63) is 36.4 Å². The maximum atomic E-state index is 11.1. The van der Waals surface area contributed by atoms with E-state index < -0.39 is 0 Å². The van der Waals surface area contributed by atoms with E-state index in [0.717, 1.165) is 48.9 Å². The smallest absolute Gasteiger partial charge is 0.221 e. The van der Waals surface area contributed by atoms with Crippen molar-refractivity contribution in [2.45, 2.75) is 26.8 Å². The van der Waals surface area contributed by atoms with Crippen LogP contribution in [0.15, 0.2) is 36.4 Å². The fourth-order valence-electron chi connectivity index (χ4n) is 3.04. The molecule has 6 nitrogen and oxygen atoms in total. The van der Waals surface area contributed by atoms with Gasteiger partial charge in [0.2, 0.25) is 5.91 Å². The number of anilines is 2. The largest absolute Gasteiger partial charge is 0.353 e. The molecule has 0 saturated carbocycles. The molecule has 6 heteroatoms. The van der Waals surface area contributed by atoms with Crippen LogP contribution in [0.1, 0.15) is 20.8 Å². The molecule has 1 aliphatic heterocycles. The second-order valence-corrected chi connectivity index (χ2v) is 6.65. The molecule has 0 unspecified atom stereocenters. The Kier molecular flexibility index (Phi) is 5.28. The van der Waals surface area contributed by atoms with Gasteiger partial charge in [0.05, 0.1) is 5.69 Å². The topological polar surface area (TPSA) is 61.4 Å². The Hall–Kier alpha value is -2.47. The Morgan fingerprint density at radius 3 is 2.20 bits per heavy atom. The molecular formula is C19H25N5O. The molecule has 0 aliphatic carbocycles. The van der Waals surface area contributed by atoms with Crippen LogP contribution in [0.25, 0.3) is 11.3 Å². The number of nitrogens with zero attached hydrogens (tertiary/aromatic N) is 4. The lowest BCUT2D eigenvalue weighted by molar-refractivity contribution is -0.114. The summed E-state index contributed by atoms with van der Waals surface area (Å²) in [6, 6.07) is 12.3. The van der Waals surface area contributed by atoms with Crippen LogP contribution in [0.5, 0.6) is 0 Å². The molecule has 2 aromatic rings. The fraction of sp³-hybridized carbons (Fsp3) is 0.421. The van der Waals surface area contributed by atoms with Crippen LogP contribution >= 0.6 is 0 Å². The summed E-state index contributed by atoms with van der Waals surface area (Å²) in [5, 5.41) is 11.5. The summed E-state index contributed by atoms with van der Waals surface area (Å²) >= 11 is 0. The van der Waals surface area contributed by atoms with E-state index in [0.29, 0.717) is 6.04 Å². The van der Waals surface area contributed by atoms with Crippen LogP contribution in [-0.2, 0) is 4.79 Å². The lowest BCUT2D eigenvalue weighted by Gasteiger charge is -2.37. The van der Waals surface area contributed by atoms with Crippen LogP contribution in [0.3, 0.4) is 0 Å². The molecule has 3 rings (SSSR count). The summed E-state index contributed by atoms with van der Waals surface area (Å²) in [6.45, 7) is 10.1. The van der Waals surface area contributed by atoms with Crippen LogP contribution in [-0.4, -0.2) is 53.2 Å². The molecule has 1 aromatic heterocycles. The minimum Gasteiger partial charge on any atom is -0.353 e. The van der Waals surface area contributed by atoms with Gasteiger partial charge in [-0.1, -0.05) is 12.1 Å². The normalized spacial score (nSPS) is 15.4. The van der Waals surface area contributed by atoms with Gasteiger partial charge in [0.25, 0.3) is 0 Å². The van der Waals surface area contributed by atoms with Gasteiger partial charge in [-0.2, -0.15) is 0 Å². The van der Waals surface area contributed by atoms with Crippen molar-refractivity contribution in [3.8, 4) is 11.3 Å². The second kappa shape index (κ2) is 7.61. The zero-order valence-electron chi connectivity index (χ0n) is 15.1. The molecule has 1 amide bonds. The summed E-state index contributed by atoms with van der Waals surface area (Å²) in [5.74, 6) is 0.858. The third-order valence-electron chi connectivity index (χ3n) is 4.52. The lowest BCUT2D eigenvalue weighted by Crippen LogP contribution is -2.49. The highest BCUT2D eigenvalue weighted by Gasteiger charge is 2.19. The summed E-state index contributed by atoms with van der Waals surface area (Å²) in [5.41, 5.74) is 2.60. The van der Waals surface area contributed by atoms with Crippen molar-refractivity contribution < 1.29 is 4.79 Å². The summed E-state index contributed by atoms with van der Waals surface area (Å²) < 4.78 is 0. The van der Waals surface area contributed by atoms with Crippen molar-refractivity contribution >= 4 is 17.4 Å². The van der Waals surface area contributed by atoms with E-state index in [1.807, 2.05) is 36.4 Å². The van der Waals surface area contributed by atoms with Gasteiger partial charge in [-0.15, -0.1) is 10.2 Å². The number of amides is 1. The molecule has 1 N–H and O–H groups in total. The van der Waals surface area contributed by atoms with E-state index in [4.69, 9.17) is 0 Å². The maximum absolute atomic E-state index is 11.1. The standard InChI is InChI=1S/C19H25N5O/c1-14(2)23-10-12-24(13-11-23)19-9-8-18(21-22-19)16-4-6-17(7-5-16)20-15(3)25/h4-9,14H,10-13H2,1-3H3,(H,20,25). The first-order valence-corrected chi connectivity index (χ1v) is 8.73. The Morgan fingerprint density at radius 1 is 1.00 bits per heavy atom. The van der Waals surface area contributed by atoms with E-state index in [9.17, 15) is 4.79 Å². The highest BCUT2D eigenvalue weighted by Crippen LogP contribution is 2.21. The van der Waals surface area contributed by atoms with Gasteiger partial charge < -0.3 is 10.2 Å². The van der Waals surface area contributed by atoms with Gasteiger partial charge in [-0.05, 0) is 38.1 Å². The van der Waals surface area contributed by atoms with Crippen LogP contribution < -0.4 is 10.2 Å². The highest BCUT2D eigenvalue weighted by molar-refractivity contribution is 5.88. The number of nitrogens with one attached hydrogen (secondary N) is 1. The number of hydrogen-bond acceptors (Lipinski definition) is 5. The summed E-state index contributed by atoms with van der Waals surface area (Å²) in [4.78, 5) is 15.8. The zero-order chi connectivity index (χ0) is 17.8. The Bertz CT molecular complexity index is 704. The quantitative estimate of drug-likeness (QED) is 0.928. The lowest BCUT2D eigenvalue weighted by atomic mass is 10.1. The average molecular weight is 339 g/mol. The van der Waals surface area contributed by atoms with Gasteiger partial charge in [0, 0.05) is 50.4 Å². The van der Waals surface area contributed by atoms with Gasteiger partial charge in [0.15, 0.2) is 5.82 Å². The third-order valence-corrected chi connectivity index (χ3v) is 4.52. The summed E-state index contributed by atoms with van der Waals surface area (Å²) in [6.07, 6.45) is 0. The number of carbonyl (C=O) groups is 1. The molecule has 1 aliphatic rings. The van der Waals surface area contributed by atoms with Crippen molar-refractivity contribution in [1.82, 2.24) is 15.1 Å². The minimum absolute atomic E-state index is 0.0746. The molecule has 2 heterocycles. The first-order valence-electron chi connectivity index (χ1n) is 8.73. The molecular weight excluding hydrogens is 314 g/mol.